The number of rotatable bonds is 37. The molecule has 60 atom stereocenters. The van der Waals surface area contributed by atoms with Crippen molar-refractivity contribution in [2.75, 3.05) is 79.3 Å². The van der Waals surface area contributed by atoms with E-state index in [0.717, 1.165) is 20.8 Å². The normalized spacial score (nSPS) is 51.0. The Bertz CT molecular complexity index is 3860. The second kappa shape index (κ2) is 51.0. The van der Waals surface area contributed by atoms with Crippen LogP contribution < -0.4 is 16.0 Å². The Hall–Kier alpha value is -3.91. The van der Waals surface area contributed by atoms with E-state index in [-0.39, 0.29) is 0 Å². The first-order valence-corrected chi connectivity index (χ1v) is 45.2. The van der Waals surface area contributed by atoms with Crippen molar-refractivity contribution in [2.24, 2.45) is 0 Å². The second-order valence-electron chi connectivity index (χ2n) is 35.9. The van der Waals surface area contributed by atoms with Crippen LogP contribution in [0.3, 0.4) is 0 Å². The molecule has 824 valence electrons. The lowest BCUT2D eigenvalue weighted by Gasteiger charge is -2.52. The second-order valence-corrected chi connectivity index (χ2v) is 35.9. The van der Waals surface area contributed by atoms with Crippen LogP contribution >= 0.6 is 0 Å². The summed E-state index contributed by atoms with van der Waals surface area (Å²) in [5.74, 6) is -2.99. The Morgan fingerprint density at radius 3 is 0.796 bits per heavy atom. The van der Waals surface area contributed by atoms with Gasteiger partial charge in [0.15, 0.2) is 75.5 Å². The van der Waals surface area contributed by atoms with Gasteiger partial charge >= 0.3 is 0 Å². The van der Waals surface area contributed by atoms with Crippen LogP contribution in [0, 0.1) is 0 Å². The lowest BCUT2D eigenvalue weighted by molar-refractivity contribution is -0.415. The van der Waals surface area contributed by atoms with Crippen molar-refractivity contribution in [1.29, 1.82) is 0 Å². The average Bonchev–Trinajstić information content (AvgIpc) is 0.751. The van der Waals surface area contributed by atoms with Crippen LogP contribution in [0.5, 0.6) is 0 Å². The molecule has 142 heavy (non-hydrogen) atoms. The number of carbonyl (C=O) groups is 3. The summed E-state index contributed by atoms with van der Waals surface area (Å²) in [6.45, 7) is -12.2. The molecule has 0 saturated carbocycles. The van der Waals surface area contributed by atoms with Gasteiger partial charge in [-0.15, -0.1) is 0 Å². The van der Waals surface area contributed by atoms with Crippen LogP contribution in [0.4, 0.5) is 0 Å². The summed E-state index contributed by atoms with van der Waals surface area (Å²) in [5.41, 5.74) is 0. The lowest BCUT2D eigenvalue weighted by Crippen LogP contribution is -2.71. The molecule has 0 aromatic heterocycles. The van der Waals surface area contributed by atoms with Gasteiger partial charge in [0.05, 0.1) is 79.3 Å². The minimum absolute atomic E-state index is 0.856. The fourth-order valence-electron chi connectivity index (χ4n) is 18.3. The molecule has 0 aliphatic carbocycles. The highest BCUT2D eigenvalue weighted by molar-refractivity contribution is 5.74. The van der Waals surface area contributed by atoms with E-state index in [1.54, 1.807) is 0 Å². The first kappa shape index (κ1) is 117. The highest BCUT2D eigenvalue weighted by atomic mass is 16.8. The van der Waals surface area contributed by atoms with Crippen LogP contribution in [-0.2, 0) is 123 Å². The van der Waals surface area contributed by atoms with E-state index in [1.165, 1.54) is 0 Å². The molecule has 12 aliphatic heterocycles. The molecule has 0 unspecified atom stereocenters. The average molecular weight is 2090 g/mol. The van der Waals surface area contributed by atoms with E-state index >= 15 is 0 Å². The number of aliphatic hydroxyl groups excluding tert-OH is 35. The number of hydrogen-bond donors (Lipinski definition) is 38. The zero-order valence-electron chi connectivity index (χ0n) is 75.4. The number of hydrogen-bond acceptors (Lipinski definition) is 61. The Balaban J connectivity index is 0.991. The van der Waals surface area contributed by atoms with Gasteiger partial charge in [0.2, 0.25) is 17.7 Å². The molecule has 0 spiro atoms. The molecule has 0 radical (unpaired) electrons. The molecule has 0 aromatic carbocycles. The smallest absolute Gasteiger partial charge is 0.217 e. The molecule has 0 aromatic rings. The van der Waals surface area contributed by atoms with Crippen molar-refractivity contribution in [2.45, 2.75) is 389 Å². The summed E-state index contributed by atoms with van der Waals surface area (Å²) in [6, 6.07) is -6.01. The fraction of sp³-hybridized carbons (Fsp3) is 0.962. The molecule has 12 fully saturated rings. The third-order valence-corrected chi connectivity index (χ3v) is 26.3. The van der Waals surface area contributed by atoms with Gasteiger partial charge < -0.3 is 304 Å². The maximum absolute atomic E-state index is 13.5. The van der Waals surface area contributed by atoms with E-state index in [9.17, 15) is 193 Å². The molecule has 64 nitrogen and oxygen atoms in total. The van der Waals surface area contributed by atoms with Gasteiger partial charge in [0.25, 0.3) is 0 Å². The Labute approximate surface area is 801 Å². The largest absolute Gasteiger partial charge is 0.394 e. The molecule has 64 heteroatoms. The quantitative estimate of drug-likeness (QED) is 0.0275. The zero-order valence-corrected chi connectivity index (χ0v) is 75.4. The first-order valence-electron chi connectivity index (χ1n) is 45.2. The molecule has 12 rings (SSSR count). The van der Waals surface area contributed by atoms with Gasteiger partial charge in [-0.25, -0.2) is 0 Å². The minimum Gasteiger partial charge on any atom is -0.394 e. The molecule has 38 N–H and O–H groups in total. The van der Waals surface area contributed by atoms with Crippen LogP contribution in [-0.4, -0.2) is 644 Å². The SMILES string of the molecule is CC(=O)N[C@@H]1[C@@H](O)[C@H](O[C@@H]2O[C@H](CO)[C@@H](O[C@@H]3O[C@H](CO[C@H]4O[C@H](CO[C@H]5O[C@H](CO)[C@@H](O)[C@H](O)[C@@H]5O[C@H]5O[C@H](CO)[C@@H](O)[C@H](O)[C@@H]5O)[C@@H](O)[C@H](O[C@H]5O[C@H](CO)[C@@H](O)[C@H](O)[C@@H]5O[C@H]5O[C@H](CO)[C@@H](O)[C@H](O)[C@@H]5O)[C@@H]4O)[C@@H](O[C@@H]4O[C@H](CO)[C@@H](O)[C@H](O)[C@H]4NC(C)=O)[C@H](O[C@H]4O[C@H](CO)[C@@H](O)[C@H](O)[C@@H]4O[C@H]4O[C@H](CO)[C@@H](O)[C@H](O)[C@@H]4O[C@H]4O[C@H](CO)[C@@H](O)[C@H](O)[C@@H]4O)[C@@H]3O)[C@H](O)[C@H]2NC(C)=O)[C@@H](CO)O[C@H]1O. The maximum Gasteiger partial charge on any atom is 0.217 e. The number of ether oxygens (including phenoxy) is 23. The zero-order chi connectivity index (χ0) is 104. The van der Waals surface area contributed by atoms with E-state index in [0.29, 0.717) is 0 Å². The molecule has 12 saturated heterocycles. The third-order valence-electron chi connectivity index (χ3n) is 26.3. The minimum atomic E-state index is -2.90. The van der Waals surface area contributed by atoms with Crippen molar-refractivity contribution in [3.8, 4) is 0 Å². The molecule has 12 heterocycles. The van der Waals surface area contributed by atoms with Crippen LogP contribution in [0.25, 0.3) is 0 Å². The first-order chi connectivity index (χ1) is 67.3. The summed E-state index contributed by atoms with van der Waals surface area (Å²) in [7, 11) is 0. The fourth-order valence-corrected chi connectivity index (χ4v) is 18.3. The number of nitrogens with one attached hydrogen (secondary N) is 3. The molecule has 12 aliphatic rings. The van der Waals surface area contributed by atoms with Crippen LogP contribution in [0.1, 0.15) is 20.8 Å². The van der Waals surface area contributed by atoms with Crippen molar-refractivity contribution in [3.05, 3.63) is 0 Å². The van der Waals surface area contributed by atoms with Gasteiger partial charge in [-0.05, 0) is 0 Å². The Morgan fingerprint density at radius 2 is 0.415 bits per heavy atom. The van der Waals surface area contributed by atoms with Gasteiger partial charge in [-0.3, -0.25) is 14.4 Å². The van der Waals surface area contributed by atoms with Crippen molar-refractivity contribution >= 4 is 17.7 Å². The monoisotopic (exact) mass is 2090 g/mol. The van der Waals surface area contributed by atoms with E-state index in [4.69, 9.17) is 109 Å². The summed E-state index contributed by atoms with van der Waals surface area (Å²) in [5, 5.41) is 402. The molecular weight excluding hydrogens is 1950 g/mol. The highest BCUT2D eigenvalue weighted by Gasteiger charge is 2.64. The Kier molecular flexibility index (Phi) is 41.9. The van der Waals surface area contributed by atoms with Crippen LogP contribution in [0.15, 0.2) is 0 Å². The van der Waals surface area contributed by atoms with E-state index in [2.05, 4.69) is 16.0 Å². The van der Waals surface area contributed by atoms with Crippen molar-refractivity contribution in [1.82, 2.24) is 16.0 Å². The third kappa shape index (κ3) is 25.2. The highest BCUT2D eigenvalue weighted by Crippen LogP contribution is 2.43. The predicted molar refractivity (Wildman–Crippen MR) is 430 cm³/mol. The molecule has 0 bridgehead atoms. The van der Waals surface area contributed by atoms with Crippen molar-refractivity contribution in [3.63, 3.8) is 0 Å². The summed E-state index contributed by atoms with van der Waals surface area (Å²) in [4.78, 5) is 39.1. The van der Waals surface area contributed by atoms with E-state index in [1.807, 2.05) is 0 Å². The topological polar surface area (TPSA) is 1010 Å². The van der Waals surface area contributed by atoms with Crippen LogP contribution in [0.2, 0.25) is 0 Å². The number of aliphatic hydroxyl groups is 35. The lowest BCUT2D eigenvalue weighted by atomic mass is 9.93. The van der Waals surface area contributed by atoms with Gasteiger partial charge in [0, 0.05) is 20.8 Å². The molecule has 3 amide bonds. The van der Waals surface area contributed by atoms with E-state index < -0.39 is 465 Å². The summed E-state index contributed by atoms with van der Waals surface area (Å²) in [6.07, 6.45) is -131. The molecular formula is C78H131N3O61. The summed E-state index contributed by atoms with van der Waals surface area (Å²) >= 11 is 0. The van der Waals surface area contributed by atoms with Gasteiger partial charge in [0.1, 0.15) is 293 Å². The van der Waals surface area contributed by atoms with Gasteiger partial charge in [-0.1, -0.05) is 0 Å². The predicted octanol–water partition coefficient (Wildman–Crippen LogP) is -26.7. The Morgan fingerprint density at radius 1 is 0.183 bits per heavy atom. The number of amides is 3. The van der Waals surface area contributed by atoms with Gasteiger partial charge in [-0.2, -0.15) is 0 Å². The standard InChI is InChI=1S/C78H131N3O61/c1-16(92)79-31-44(105)58(27(12-90)122-67(31)119)134-69-33(81-18(3)94)45(106)59(28(13-91)131-69)135-74-57(118)62(138-77-66(52(113)41(102)25(10-88)129-77)142-78-65(51(112)40(101)26(11-89)130-78)141-73-55(116)48(109)37(98)22(7-85)126-73)60(136-68-32(80-17(2)93)43(104)34(95)19(4-82)123-68)30(133-74)15-120-70-56(117)61(137-76-64(50(111)39(100)24(9-87)128-76)140-72-54(115)47(108)36(97)21(6-84)125-72)42(103)29(132-70)14-121-75-63(49(110)38(99)23(8-86)127-75)139-71-53(114)46(107)35(96)20(5-83)124-71/h19-78,82-91,95-119H,4-15H2,1-3H3,(H,79,92)(H,80,93)(H,81,94)/t19-,20-,21-,22-,23-,24-,25-,26-,27-,28-,29-,30-,31-,32-,33-,34-,35-,36-,37-,38-,39-,40-,41-,42-,43-,44-,45-,46+,47+,48+,49+,50+,51+,52+,53+,54+,55+,56+,57+,58-,59-,60-,61+,62-,63+,64+,65+,66+,67-,68+,69+,70+,71-,72-,73-,74+,75+,76-,77-,78-/m1/s1. The number of carbonyl (C=O) groups excluding carboxylic acids is 3. The maximum atomic E-state index is 13.5. The summed E-state index contributed by atoms with van der Waals surface area (Å²) < 4.78 is 139. The van der Waals surface area contributed by atoms with Crippen molar-refractivity contribution < 1.29 is 302 Å².